The van der Waals surface area contributed by atoms with E-state index in [1.54, 1.807) is 24.4 Å². The minimum atomic E-state index is -3.58. The van der Waals surface area contributed by atoms with Crippen molar-refractivity contribution in [2.45, 2.75) is 70.8 Å². The van der Waals surface area contributed by atoms with Gasteiger partial charge in [0, 0.05) is 24.1 Å². The maximum Gasteiger partial charge on any atom is 0.240 e. The largest absolute Gasteiger partial charge is 0.487 e. The van der Waals surface area contributed by atoms with Gasteiger partial charge in [-0.3, -0.25) is 4.98 Å². The average molecular weight is 510 g/mol. The van der Waals surface area contributed by atoms with Crippen LogP contribution in [0.3, 0.4) is 0 Å². The Morgan fingerprint density at radius 1 is 0.972 bits per heavy atom. The van der Waals surface area contributed by atoms with Gasteiger partial charge in [0.05, 0.1) is 10.6 Å². The zero-order chi connectivity index (χ0) is 26.0. The molecule has 1 heterocycles. The normalized spacial score (nSPS) is 12.5. The number of ether oxygens (including phenoxy) is 1. The first kappa shape index (κ1) is 27.7. The number of benzene rings is 2. The van der Waals surface area contributed by atoms with Crippen LogP contribution in [-0.2, 0) is 16.6 Å². The van der Waals surface area contributed by atoms with Crippen LogP contribution in [0.1, 0.15) is 70.6 Å². The van der Waals surface area contributed by atoms with Crippen molar-refractivity contribution < 1.29 is 13.2 Å². The van der Waals surface area contributed by atoms with Gasteiger partial charge in [-0.15, -0.1) is 0 Å². The van der Waals surface area contributed by atoms with Crippen LogP contribution in [0, 0.1) is 5.92 Å². The Labute approximate surface area is 216 Å². The van der Waals surface area contributed by atoms with Crippen molar-refractivity contribution in [3.8, 4) is 5.75 Å². The molecule has 0 fully saturated rings. The fourth-order valence-corrected chi connectivity index (χ4v) is 5.29. The van der Waals surface area contributed by atoms with Crippen molar-refractivity contribution in [2.75, 3.05) is 11.9 Å². The van der Waals surface area contributed by atoms with Gasteiger partial charge >= 0.3 is 0 Å². The number of nitrogens with one attached hydrogen (secondary N) is 2. The van der Waals surface area contributed by atoms with Gasteiger partial charge in [0.2, 0.25) is 10.0 Å². The molecule has 0 spiro atoms. The van der Waals surface area contributed by atoms with Crippen LogP contribution in [0.4, 0.5) is 11.4 Å². The third-order valence-corrected chi connectivity index (χ3v) is 7.76. The van der Waals surface area contributed by atoms with Crippen molar-refractivity contribution >= 4 is 21.4 Å². The van der Waals surface area contributed by atoms with E-state index < -0.39 is 10.0 Å². The second kappa shape index (κ2) is 13.4. The first-order valence-corrected chi connectivity index (χ1v) is 14.3. The highest BCUT2D eigenvalue weighted by molar-refractivity contribution is 7.89. The molecule has 0 bridgehead atoms. The van der Waals surface area contributed by atoms with Crippen LogP contribution in [0.15, 0.2) is 71.8 Å². The Morgan fingerprint density at radius 3 is 2.50 bits per heavy atom. The highest BCUT2D eigenvalue weighted by atomic mass is 32.2. The Bertz CT molecular complexity index is 1200. The topological polar surface area (TPSA) is 80.3 Å². The van der Waals surface area contributed by atoms with Gasteiger partial charge in [-0.05, 0) is 72.4 Å². The lowest BCUT2D eigenvalue weighted by Gasteiger charge is -2.17. The quantitative estimate of drug-likeness (QED) is 0.244. The fourth-order valence-electron chi connectivity index (χ4n) is 4.20. The number of anilines is 2. The van der Waals surface area contributed by atoms with Crippen LogP contribution >= 0.6 is 0 Å². The summed E-state index contributed by atoms with van der Waals surface area (Å²) in [4.78, 5) is 4.56. The summed E-state index contributed by atoms with van der Waals surface area (Å²) in [6, 6.07) is 18.6. The van der Waals surface area contributed by atoms with Gasteiger partial charge < -0.3 is 10.1 Å². The summed E-state index contributed by atoms with van der Waals surface area (Å²) in [5, 5.41) is 3.41. The minimum Gasteiger partial charge on any atom is -0.487 e. The Morgan fingerprint density at radius 2 is 1.81 bits per heavy atom. The molecule has 0 aliphatic carbocycles. The van der Waals surface area contributed by atoms with E-state index in [1.807, 2.05) is 42.5 Å². The zero-order valence-corrected chi connectivity index (χ0v) is 22.6. The van der Waals surface area contributed by atoms with E-state index in [0.717, 1.165) is 54.1 Å². The second-order valence-corrected chi connectivity index (χ2v) is 11.2. The Hall–Kier alpha value is -2.90. The number of nitrogens with zero attached hydrogens (tertiary/aromatic N) is 1. The van der Waals surface area contributed by atoms with Crippen LogP contribution < -0.4 is 14.8 Å². The molecule has 1 atom stereocenters. The molecule has 0 saturated heterocycles. The van der Waals surface area contributed by atoms with E-state index in [-0.39, 0.29) is 10.8 Å². The first-order chi connectivity index (χ1) is 17.3. The van der Waals surface area contributed by atoms with Crippen molar-refractivity contribution in [1.82, 2.24) is 9.71 Å². The van der Waals surface area contributed by atoms with Gasteiger partial charge in [0.1, 0.15) is 12.4 Å². The van der Waals surface area contributed by atoms with E-state index in [0.29, 0.717) is 19.1 Å². The molecular weight excluding hydrogens is 470 g/mol. The minimum absolute atomic E-state index is 0.245. The number of sulfonamides is 1. The summed E-state index contributed by atoms with van der Waals surface area (Å²) in [6.07, 6.45) is 5.93. The van der Waals surface area contributed by atoms with Gasteiger partial charge in [-0.25, -0.2) is 13.1 Å². The highest BCUT2D eigenvalue weighted by Crippen LogP contribution is 2.31. The summed E-state index contributed by atoms with van der Waals surface area (Å²) in [7, 11) is -3.58. The number of hydrogen-bond acceptors (Lipinski definition) is 5. The summed E-state index contributed by atoms with van der Waals surface area (Å²) in [5.41, 5.74) is 3.59. The van der Waals surface area contributed by atoms with Crippen LogP contribution in [0.25, 0.3) is 0 Å². The smallest absolute Gasteiger partial charge is 0.240 e. The molecule has 3 rings (SSSR count). The molecule has 0 aliphatic heterocycles. The van der Waals surface area contributed by atoms with Crippen molar-refractivity contribution in [3.63, 3.8) is 0 Å². The summed E-state index contributed by atoms with van der Waals surface area (Å²) >= 11 is 0. The third-order valence-electron chi connectivity index (χ3n) is 6.30. The van der Waals surface area contributed by atoms with Gasteiger partial charge in [0.15, 0.2) is 0 Å². The SMILES string of the molecule is CCCC(CC)CCNS(=O)(=O)c1cccc(Nc2ccc(OCc3ccccn3)cc2C(C)C)c1. The second-order valence-electron chi connectivity index (χ2n) is 9.42. The van der Waals surface area contributed by atoms with Gasteiger partial charge in [-0.2, -0.15) is 0 Å². The molecular formula is C29H39N3O3S. The van der Waals surface area contributed by atoms with Crippen molar-refractivity contribution in [2.24, 2.45) is 5.92 Å². The molecule has 3 aromatic rings. The monoisotopic (exact) mass is 509 g/mol. The van der Waals surface area contributed by atoms with E-state index in [4.69, 9.17) is 4.74 Å². The standard InChI is InChI=1S/C29H39N3O3S/c1-5-10-23(6-2)16-18-31-36(33,34)27-13-9-12-24(19-27)32-29-15-14-26(20-28(29)22(3)4)35-21-25-11-7-8-17-30-25/h7-9,11-15,17,19-20,22-23,31-32H,5-6,10,16,18,21H2,1-4H3. The maximum atomic E-state index is 12.9. The molecule has 36 heavy (non-hydrogen) atoms. The molecule has 6 nitrogen and oxygen atoms in total. The molecule has 1 aromatic heterocycles. The van der Waals surface area contributed by atoms with Gasteiger partial charge in [-0.1, -0.05) is 59.1 Å². The van der Waals surface area contributed by atoms with Gasteiger partial charge in [0.25, 0.3) is 0 Å². The lowest BCUT2D eigenvalue weighted by Crippen LogP contribution is -2.26. The van der Waals surface area contributed by atoms with Crippen LogP contribution in [-0.4, -0.2) is 19.9 Å². The predicted octanol–water partition coefficient (Wildman–Crippen LogP) is 7.02. The number of hydrogen-bond donors (Lipinski definition) is 2. The lowest BCUT2D eigenvalue weighted by molar-refractivity contribution is 0.301. The third kappa shape index (κ3) is 8.07. The van der Waals surface area contributed by atoms with E-state index in [9.17, 15) is 8.42 Å². The number of pyridine rings is 1. The fraction of sp³-hybridized carbons (Fsp3) is 0.414. The van der Waals surface area contributed by atoms with Crippen molar-refractivity contribution in [1.29, 1.82) is 0 Å². The zero-order valence-electron chi connectivity index (χ0n) is 21.8. The highest BCUT2D eigenvalue weighted by Gasteiger charge is 2.16. The first-order valence-electron chi connectivity index (χ1n) is 12.9. The van der Waals surface area contributed by atoms with Crippen LogP contribution in [0.2, 0.25) is 0 Å². The average Bonchev–Trinajstić information content (AvgIpc) is 2.88. The molecule has 7 heteroatoms. The molecule has 2 aromatic carbocycles. The van der Waals surface area contributed by atoms with Crippen molar-refractivity contribution in [3.05, 3.63) is 78.1 Å². The molecule has 0 amide bonds. The summed E-state index contributed by atoms with van der Waals surface area (Å²) in [6.45, 7) is 9.42. The Kier molecular flexibility index (Phi) is 10.3. The molecule has 2 N–H and O–H groups in total. The molecule has 0 saturated carbocycles. The van der Waals surface area contributed by atoms with E-state index in [2.05, 4.69) is 42.7 Å². The van der Waals surface area contributed by atoms with E-state index in [1.165, 1.54) is 0 Å². The maximum absolute atomic E-state index is 12.9. The van der Waals surface area contributed by atoms with E-state index >= 15 is 0 Å². The molecule has 0 radical (unpaired) electrons. The molecule has 1 unspecified atom stereocenters. The summed E-state index contributed by atoms with van der Waals surface area (Å²) in [5.74, 6) is 1.56. The Balaban J connectivity index is 1.70. The molecule has 194 valence electrons. The van der Waals surface area contributed by atoms with Crippen LogP contribution in [0.5, 0.6) is 5.75 Å². The number of rotatable bonds is 14. The summed E-state index contributed by atoms with van der Waals surface area (Å²) < 4.78 is 34.6. The predicted molar refractivity (Wildman–Crippen MR) is 147 cm³/mol. The molecule has 0 aliphatic rings. The number of aromatic nitrogens is 1. The lowest BCUT2D eigenvalue weighted by atomic mass is 9.97.